The number of sulfone groups is 1. The highest BCUT2D eigenvalue weighted by atomic mass is 32.2. The molecule has 0 aromatic heterocycles. The van der Waals surface area contributed by atoms with E-state index in [-0.39, 0.29) is 5.92 Å². The maximum atomic E-state index is 11.7. The summed E-state index contributed by atoms with van der Waals surface area (Å²) < 4.78 is 23.4. The van der Waals surface area contributed by atoms with Crippen LogP contribution in [0.3, 0.4) is 0 Å². The summed E-state index contributed by atoms with van der Waals surface area (Å²) in [6.07, 6.45) is 12.0. The molecule has 150 valence electrons. The maximum Gasteiger partial charge on any atom is 0.191 e. The van der Waals surface area contributed by atoms with E-state index in [0.29, 0.717) is 35.5 Å². The molecule has 3 rings (SSSR count). The summed E-state index contributed by atoms with van der Waals surface area (Å²) in [7, 11) is -2.82. The van der Waals surface area contributed by atoms with E-state index in [1.807, 2.05) is 0 Å². The van der Waals surface area contributed by atoms with E-state index in [0.717, 1.165) is 12.4 Å². The monoisotopic (exact) mass is 383 g/mol. The van der Waals surface area contributed by atoms with Gasteiger partial charge in [0.1, 0.15) is 0 Å². The summed E-state index contributed by atoms with van der Waals surface area (Å²) in [4.78, 5) is 4.83. The molecule has 1 heterocycles. The highest BCUT2D eigenvalue weighted by Gasteiger charge is 2.29. The third kappa shape index (κ3) is 6.14. The Morgan fingerprint density at radius 2 is 1.58 bits per heavy atom. The van der Waals surface area contributed by atoms with Crippen molar-refractivity contribution in [1.29, 1.82) is 0 Å². The smallest absolute Gasteiger partial charge is 0.191 e. The molecule has 3 fully saturated rings. The van der Waals surface area contributed by atoms with Crippen LogP contribution in [0.4, 0.5) is 0 Å². The lowest BCUT2D eigenvalue weighted by molar-refractivity contribution is 0.216. The van der Waals surface area contributed by atoms with Crippen LogP contribution in [-0.4, -0.2) is 44.5 Å². The van der Waals surface area contributed by atoms with Crippen LogP contribution in [0.5, 0.6) is 0 Å². The fraction of sp³-hybridized carbons (Fsp3) is 0.950. The Labute approximate surface area is 159 Å². The van der Waals surface area contributed by atoms with Crippen molar-refractivity contribution in [2.45, 2.75) is 90.1 Å². The van der Waals surface area contributed by atoms with Gasteiger partial charge in [0.25, 0.3) is 0 Å². The van der Waals surface area contributed by atoms with Gasteiger partial charge in [-0.25, -0.2) is 8.42 Å². The van der Waals surface area contributed by atoms with Crippen molar-refractivity contribution >= 4 is 15.8 Å². The molecule has 1 atom stereocenters. The fourth-order valence-corrected chi connectivity index (χ4v) is 6.40. The molecule has 26 heavy (non-hydrogen) atoms. The lowest BCUT2D eigenvalue weighted by Crippen LogP contribution is -2.49. The minimum Gasteiger partial charge on any atom is -0.354 e. The molecule has 0 aromatic carbocycles. The highest BCUT2D eigenvalue weighted by molar-refractivity contribution is 7.91. The highest BCUT2D eigenvalue weighted by Crippen LogP contribution is 2.35. The average Bonchev–Trinajstić information content (AvgIpc) is 2.94. The molecule has 1 aliphatic heterocycles. The van der Waals surface area contributed by atoms with Crippen LogP contribution in [0.1, 0.15) is 78.1 Å². The SMILES string of the molecule is CC1(C)CCC(NC(=NCC2CCS(=O)(=O)C2)NC2CCCCC2)CC1. The number of guanidine groups is 1. The fourth-order valence-electron chi connectivity index (χ4n) is 4.55. The molecule has 6 heteroatoms. The predicted octanol–water partition coefficient (Wildman–Crippen LogP) is 3.26. The number of nitrogens with one attached hydrogen (secondary N) is 2. The van der Waals surface area contributed by atoms with Crippen LogP contribution in [0.25, 0.3) is 0 Å². The molecule has 1 unspecified atom stereocenters. The third-order valence-corrected chi connectivity index (χ3v) is 8.30. The average molecular weight is 384 g/mol. The van der Waals surface area contributed by atoms with E-state index in [9.17, 15) is 8.42 Å². The molecule has 3 aliphatic rings. The van der Waals surface area contributed by atoms with Crippen LogP contribution in [0.15, 0.2) is 4.99 Å². The van der Waals surface area contributed by atoms with Crippen molar-refractivity contribution < 1.29 is 8.42 Å². The largest absolute Gasteiger partial charge is 0.354 e. The van der Waals surface area contributed by atoms with Gasteiger partial charge in [-0.2, -0.15) is 0 Å². The van der Waals surface area contributed by atoms with E-state index in [4.69, 9.17) is 4.99 Å². The topological polar surface area (TPSA) is 70.6 Å². The predicted molar refractivity (Wildman–Crippen MR) is 108 cm³/mol. The molecule has 0 bridgehead atoms. The molecule has 2 saturated carbocycles. The summed E-state index contributed by atoms with van der Waals surface area (Å²) in [5.41, 5.74) is 0.463. The van der Waals surface area contributed by atoms with Gasteiger partial charge in [-0.15, -0.1) is 0 Å². The van der Waals surface area contributed by atoms with Crippen molar-refractivity contribution in [2.24, 2.45) is 16.3 Å². The minimum atomic E-state index is -2.82. The standard InChI is InChI=1S/C20H37N3O2S/c1-20(2)11-8-18(9-12-20)23-19(22-17-6-4-3-5-7-17)21-14-16-10-13-26(24,25)15-16/h16-18H,3-15H2,1-2H3,(H2,21,22,23). The summed E-state index contributed by atoms with van der Waals surface area (Å²) >= 11 is 0. The first kappa shape index (κ1) is 20.0. The zero-order chi connectivity index (χ0) is 18.6. The Morgan fingerprint density at radius 3 is 2.15 bits per heavy atom. The second-order valence-corrected chi connectivity index (χ2v) is 11.7. The van der Waals surface area contributed by atoms with E-state index in [2.05, 4.69) is 24.5 Å². The number of hydrogen-bond acceptors (Lipinski definition) is 3. The molecule has 2 N–H and O–H groups in total. The van der Waals surface area contributed by atoms with Crippen LogP contribution >= 0.6 is 0 Å². The molecular weight excluding hydrogens is 346 g/mol. The molecule has 2 aliphatic carbocycles. The number of hydrogen-bond donors (Lipinski definition) is 2. The molecule has 0 spiro atoms. The van der Waals surface area contributed by atoms with Crippen LogP contribution in [0.2, 0.25) is 0 Å². The van der Waals surface area contributed by atoms with Crippen LogP contribution in [-0.2, 0) is 9.84 Å². The van der Waals surface area contributed by atoms with Gasteiger partial charge >= 0.3 is 0 Å². The Balaban J connectivity index is 1.58. The number of aliphatic imine (C=N–C) groups is 1. The van der Waals surface area contributed by atoms with Gasteiger partial charge < -0.3 is 10.6 Å². The molecule has 5 nitrogen and oxygen atoms in total. The summed E-state index contributed by atoms with van der Waals surface area (Å²) in [6.45, 7) is 5.34. The van der Waals surface area contributed by atoms with E-state index < -0.39 is 9.84 Å². The first-order valence-corrected chi connectivity index (χ1v) is 12.4. The Morgan fingerprint density at radius 1 is 0.962 bits per heavy atom. The van der Waals surface area contributed by atoms with E-state index >= 15 is 0 Å². The summed E-state index contributed by atoms with van der Waals surface area (Å²) in [5, 5.41) is 7.33. The zero-order valence-electron chi connectivity index (χ0n) is 16.6. The van der Waals surface area contributed by atoms with Crippen molar-refractivity contribution in [1.82, 2.24) is 10.6 Å². The third-order valence-electron chi connectivity index (χ3n) is 6.46. The molecule has 0 aromatic rings. The first-order valence-electron chi connectivity index (χ1n) is 10.6. The van der Waals surface area contributed by atoms with Crippen molar-refractivity contribution in [3.63, 3.8) is 0 Å². The normalized spacial score (nSPS) is 30.2. The quantitative estimate of drug-likeness (QED) is 0.577. The maximum absolute atomic E-state index is 11.7. The number of rotatable bonds is 4. The summed E-state index contributed by atoms with van der Waals surface area (Å²) in [6, 6.07) is 1.01. The van der Waals surface area contributed by atoms with Crippen LogP contribution in [0, 0.1) is 11.3 Å². The van der Waals surface area contributed by atoms with Gasteiger partial charge in [-0.3, -0.25) is 4.99 Å². The van der Waals surface area contributed by atoms with E-state index in [1.165, 1.54) is 57.8 Å². The Kier molecular flexibility index (Phi) is 6.52. The zero-order valence-corrected chi connectivity index (χ0v) is 17.4. The van der Waals surface area contributed by atoms with Crippen molar-refractivity contribution in [3.8, 4) is 0 Å². The lowest BCUT2D eigenvalue weighted by Gasteiger charge is -2.36. The van der Waals surface area contributed by atoms with Gasteiger partial charge in [-0.1, -0.05) is 33.1 Å². The Bertz CT molecular complexity index is 584. The van der Waals surface area contributed by atoms with Gasteiger partial charge in [0.15, 0.2) is 15.8 Å². The molecule has 0 amide bonds. The lowest BCUT2D eigenvalue weighted by atomic mass is 9.75. The molecule has 0 radical (unpaired) electrons. The second-order valence-electron chi connectivity index (χ2n) is 9.52. The second kappa shape index (κ2) is 8.49. The van der Waals surface area contributed by atoms with Gasteiger partial charge in [0.05, 0.1) is 11.5 Å². The van der Waals surface area contributed by atoms with Crippen LogP contribution < -0.4 is 10.6 Å². The summed E-state index contributed by atoms with van der Waals surface area (Å²) in [5.74, 6) is 1.76. The number of nitrogens with zero attached hydrogens (tertiary/aromatic N) is 1. The van der Waals surface area contributed by atoms with Crippen molar-refractivity contribution in [2.75, 3.05) is 18.1 Å². The Hall–Kier alpha value is -0.780. The van der Waals surface area contributed by atoms with E-state index in [1.54, 1.807) is 0 Å². The molecular formula is C20H37N3O2S. The first-order chi connectivity index (χ1) is 12.3. The minimum absolute atomic E-state index is 0.190. The van der Waals surface area contributed by atoms with Crippen molar-refractivity contribution in [3.05, 3.63) is 0 Å². The molecule has 1 saturated heterocycles. The van der Waals surface area contributed by atoms with Gasteiger partial charge in [-0.05, 0) is 56.3 Å². The van der Waals surface area contributed by atoms with Gasteiger partial charge in [0.2, 0.25) is 0 Å². The van der Waals surface area contributed by atoms with Gasteiger partial charge in [0, 0.05) is 18.6 Å².